The number of rotatable bonds is 10. The first-order chi connectivity index (χ1) is 13.6. The Hall–Kier alpha value is -0.935. The van der Waals surface area contributed by atoms with Gasteiger partial charge in [0.1, 0.15) is 12.1 Å². The molecule has 0 aromatic carbocycles. The largest absolute Gasteiger partial charge is 0.381 e. The quantitative estimate of drug-likeness (QED) is 0.302. The van der Waals surface area contributed by atoms with Gasteiger partial charge in [-0.2, -0.15) is 0 Å². The van der Waals surface area contributed by atoms with Crippen LogP contribution in [0.15, 0.2) is 11.6 Å². The minimum Gasteiger partial charge on any atom is -0.381 e. The molecule has 6 atom stereocenters. The van der Waals surface area contributed by atoms with E-state index in [4.69, 9.17) is 17.3 Å². The minimum atomic E-state index is -0.310. The van der Waals surface area contributed by atoms with Crippen LogP contribution in [0.5, 0.6) is 0 Å². The van der Waals surface area contributed by atoms with Crippen LogP contribution in [0, 0.1) is 23.7 Å². The van der Waals surface area contributed by atoms with Crippen molar-refractivity contribution in [1.29, 1.82) is 0 Å². The lowest BCUT2D eigenvalue weighted by Crippen LogP contribution is -2.48. The second-order valence-electron chi connectivity index (χ2n) is 9.73. The van der Waals surface area contributed by atoms with Crippen LogP contribution in [0.4, 0.5) is 0 Å². The molecule has 0 amide bonds. The molecule has 0 spiro atoms. The van der Waals surface area contributed by atoms with Gasteiger partial charge in [0.2, 0.25) is 0 Å². The van der Waals surface area contributed by atoms with Gasteiger partial charge < -0.3 is 9.47 Å². The van der Waals surface area contributed by atoms with Crippen molar-refractivity contribution >= 4 is 19.9 Å². The van der Waals surface area contributed by atoms with E-state index < -0.39 is 0 Å². The molecule has 162 valence electrons. The Labute approximate surface area is 178 Å². The molecule has 5 heteroatoms. The normalized spacial score (nSPS) is 36.1. The van der Waals surface area contributed by atoms with Crippen molar-refractivity contribution in [2.45, 2.75) is 90.2 Å². The smallest absolute Gasteiger partial charge is 0.148 e. The lowest BCUT2D eigenvalue weighted by atomic mass is 9.44. The number of fused-ring (bicyclic) bond motifs is 1. The fourth-order valence-corrected chi connectivity index (χ4v) is 5.40. The van der Waals surface area contributed by atoms with E-state index >= 15 is 0 Å². The molecule has 4 nitrogen and oxygen atoms in total. The first-order valence-electron chi connectivity index (χ1n) is 11.3. The second kappa shape index (κ2) is 9.91. The highest BCUT2D eigenvalue weighted by molar-refractivity contribution is 6.15. The average molecular weight is 402 g/mol. The lowest BCUT2D eigenvalue weighted by Gasteiger charge is -2.54. The van der Waals surface area contributed by atoms with E-state index in [-0.39, 0.29) is 34.8 Å². The van der Waals surface area contributed by atoms with Gasteiger partial charge in [0, 0.05) is 25.0 Å². The molecule has 6 unspecified atom stereocenters. The summed E-state index contributed by atoms with van der Waals surface area (Å²) in [5.41, 5.74) is 0.353. The van der Waals surface area contributed by atoms with Crippen LogP contribution in [0.3, 0.4) is 0 Å². The van der Waals surface area contributed by atoms with Crippen molar-refractivity contribution in [2.24, 2.45) is 23.7 Å². The maximum Gasteiger partial charge on any atom is 0.148 e. The Bertz CT molecular complexity index is 616. The Morgan fingerprint density at radius 3 is 2.55 bits per heavy atom. The van der Waals surface area contributed by atoms with Crippen molar-refractivity contribution in [1.82, 2.24) is 0 Å². The van der Waals surface area contributed by atoms with Crippen molar-refractivity contribution in [3.8, 4) is 0 Å². The van der Waals surface area contributed by atoms with Gasteiger partial charge in [0.15, 0.2) is 0 Å². The highest BCUT2D eigenvalue weighted by Crippen LogP contribution is 2.62. The van der Waals surface area contributed by atoms with E-state index in [1.165, 1.54) is 0 Å². The van der Waals surface area contributed by atoms with Gasteiger partial charge in [-0.1, -0.05) is 39.4 Å². The third-order valence-electron chi connectivity index (χ3n) is 7.83. The molecule has 1 saturated heterocycles. The summed E-state index contributed by atoms with van der Waals surface area (Å²) in [4.78, 5) is 24.2. The summed E-state index contributed by atoms with van der Waals surface area (Å²) in [6, 6.07) is 0. The number of hydrogen-bond acceptors (Lipinski definition) is 4. The maximum atomic E-state index is 12.6. The highest BCUT2D eigenvalue weighted by atomic mass is 16.5. The molecule has 2 aliphatic rings. The Balaban J connectivity index is 2.28. The number of Topliss-reactive ketones (excluding diaryl/α,β-unsaturated/α-hetero) is 1. The Morgan fingerprint density at radius 2 is 2.00 bits per heavy atom. The Kier molecular flexibility index (Phi) is 8.32. The number of methoxy groups -OCH3 is 1. The van der Waals surface area contributed by atoms with Crippen molar-refractivity contribution < 1.29 is 19.1 Å². The molecule has 0 bridgehead atoms. The first kappa shape index (κ1) is 24.3. The van der Waals surface area contributed by atoms with E-state index in [2.05, 4.69) is 27.7 Å². The number of carbonyl (C=O) groups is 2. The molecule has 1 heterocycles. The number of ether oxygens (including phenoxy) is 2. The Morgan fingerprint density at radius 1 is 1.31 bits per heavy atom. The van der Waals surface area contributed by atoms with Crippen LogP contribution < -0.4 is 0 Å². The van der Waals surface area contributed by atoms with Crippen molar-refractivity contribution in [3.63, 3.8) is 0 Å². The van der Waals surface area contributed by atoms with E-state index in [1.54, 1.807) is 7.11 Å². The monoisotopic (exact) mass is 402 g/mol. The topological polar surface area (TPSA) is 52.6 Å². The molecule has 0 N–H and O–H groups in total. The fourth-order valence-electron chi connectivity index (χ4n) is 5.40. The molecule has 29 heavy (non-hydrogen) atoms. The predicted octanol–water partition coefficient (Wildman–Crippen LogP) is 4.71. The molecule has 2 fully saturated rings. The highest BCUT2D eigenvalue weighted by Gasteiger charge is 2.57. The van der Waals surface area contributed by atoms with E-state index in [1.807, 2.05) is 13.0 Å². The molecule has 0 aromatic heterocycles. The van der Waals surface area contributed by atoms with Gasteiger partial charge in [-0.3, -0.25) is 9.59 Å². The minimum absolute atomic E-state index is 0.0995. The van der Waals surface area contributed by atoms with E-state index in [0.29, 0.717) is 30.3 Å². The summed E-state index contributed by atoms with van der Waals surface area (Å²) in [7, 11) is 8.64. The van der Waals surface area contributed by atoms with Crippen LogP contribution in [-0.2, 0) is 19.1 Å². The average Bonchev–Trinajstić information content (AvgIpc) is 3.04. The molecule has 1 aliphatic heterocycles. The van der Waals surface area contributed by atoms with Gasteiger partial charge in [0.25, 0.3) is 0 Å². The van der Waals surface area contributed by atoms with Crippen molar-refractivity contribution in [2.75, 3.05) is 13.7 Å². The zero-order valence-electron chi connectivity index (χ0n) is 19.2. The van der Waals surface area contributed by atoms with Gasteiger partial charge in [-0.25, -0.2) is 0 Å². The number of hydrogen-bond donors (Lipinski definition) is 0. The van der Waals surface area contributed by atoms with Crippen LogP contribution in [-0.4, -0.2) is 45.3 Å². The summed E-state index contributed by atoms with van der Waals surface area (Å²) in [5, 5.41) is -0.310. The summed E-state index contributed by atoms with van der Waals surface area (Å²) < 4.78 is 11.6. The third kappa shape index (κ3) is 5.04. The van der Waals surface area contributed by atoms with Crippen molar-refractivity contribution in [3.05, 3.63) is 11.6 Å². The van der Waals surface area contributed by atoms with Crippen LogP contribution in [0.2, 0.25) is 5.31 Å². The number of ketones is 1. The number of aldehydes is 1. The molecule has 1 aliphatic carbocycles. The summed E-state index contributed by atoms with van der Waals surface area (Å²) in [6.45, 7) is 11.0. The van der Waals surface area contributed by atoms with Crippen LogP contribution in [0.1, 0.15) is 73.1 Å². The summed E-state index contributed by atoms with van der Waals surface area (Å²) >= 11 is 0. The molecule has 2 rings (SSSR count). The lowest BCUT2D eigenvalue weighted by molar-refractivity contribution is -0.124. The second-order valence-corrected chi connectivity index (χ2v) is 9.73. The van der Waals surface area contributed by atoms with Gasteiger partial charge in [-0.15, -0.1) is 0 Å². The third-order valence-corrected chi connectivity index (χ3v) is 7.83. The van der Waals surface area contributed by atoms with Crippen LogP contribution in [0.25, 0.3) is 0 Å². The molecule has 1 saturated carbocycles. The van der Waals surface area contributed by atoms with Gasteiger partial charge >= 0.3 is 0 Å². The molecule has 2 radical (unpaired) electrons. The zero-order chi connectivity index (χ0) is 21.8. The summed E-state index contributed by atoms with van der Waals surface area (Å²) in [6.07, 6.45) is 7.27. The predicted molar refractivity (Wildman–Crippen MR) is 117 cm³/mol. The fraction of sp³-hybridized carbons (Fsp3) is 0.833. The standard InChI is InChI=1S/C24H39BO4/c1-7-17(4)21(27)9-8-19-20-14-22(18(15-26)10-13-28-6)29-23(20,5)11-12-24(19,25)16(2)3/h10,15-17,19-20,22H,7-9,11-14H2,1-6H3/b18-10+. The zero-order valence-corrected chi connectivity index (χ0v) is 19.2. The SMILES string of the molecule is [B]C1(C(C)C)CCC2(C)OC(/C(C=O)=C/COC)CC2C1CCC(=O)C(C)CC. The van der Waals surface area contributed by atoms with Crippen LogP contribution >= 0.6 is 0 Å². The van der Waals surface area contributed by atoms with Gasteiger partial charge in [-0.05, 0) is 56.4 Å². The first-order valence-corrected chi connectivity index (χ1v) is 11.3. The maximum absolute atomic E-state index is 12.6. The van der Waals surface area contributed by atoms with Gasteiger partial charge in [0.05, 0.1) is 26.2 Å². The molecular formula is C24H39BO4. The number of carbonyl (C=O) groups excluding carboxylic acids is 2. The van der Waals surface area contributed by atoms with E-state index in [0.717, 1.165) is 38.4 Å². The summed E-state index contributed by atoms with van der Waals surface area (Å²) in [5.74, 6) is 1.19. The van der Waals surface area contributed by atoms with E-state index in [9.17, 15) is 9.59 Å². The molecular weight excluding hydrogens is 363 g/mol. The molecule has 0 aromatic rings.